The Balaban J connectivity index is 2.35. The second kappa shape index (κ2) is 6.80. The third-order valence-electron chi connectivity index (χ3n) is 3.48. The van der Waals surface area contributed by atoms with Crippen molar-refractivity contribution in [1.29, 1.82) is 0 Å². The van der Waals surface area contributed by atoms with Gasteiger partial charge in [-0.15, -0.1) is 0 Å². The summed E-state index contributed by atoms with van der Waals surface area (Å²) in [6, 6.07) is 3.79. The van der Waals surface area contributed by atoms with Crippen LogP contribution in [0, 0.1) is 11.8 Å². The van der Waals surface area contributed by atoms with Crippen LogP contribution >= 0.6 is 0 Å². The fourth-order valence-electron chi connectivity index (χ4n) is 2.22. The van der Waals surface area contributed by atoms with Crippen molar-refractivity contribution >= 4 is 5.91 Å². The second-order valence-corrected chi connectivity index (χ2v) is 4.95. The molecule has 0 bridgehead atoms. The molecule has 0 spiro atoms. The predicted octanol–water partition coefficient (Wildman–Crippen LogP) is 3.13. The highest BCUT2D eigenvalue weighted by Crippen LogP contribution is 2.20. The fraction of sp³-hybridized carbons (Fsp3) is 0.333. The number of halogens is 4. The minimum absolute atomic E-state index is 0.189. The summed E-state index contributed by atoms with van der Waals surface area (Å²) in [6.07, 6.45) is 1.38. The van der Waals surface area contributed by atoms with Crippen molar-refractivity contribution in [2.24, 2.45) is 7.05 Å². The molecule has 0 saturated carbocycles. The van der Waals surface area contributed by atoms with Gasteiger partial charge in [0.2, 0.25) is 5.95 Å². The molecule has 0 atom stereocenters. The number of hydrogen-bond acceptors (Lipinski definition) is 2. The average Bonchev–Trinajstić information content (AvgIpc) is 2.84. The number of amides is 1. The molecule has 0 aliphatic heterocycles. The van der Waals surface area contributed by atoms with Crippen LogP contribution < -0.4 is 0 Å². The molecule has 0 fully saturated rings. The van der Waals surface area contributed by atoms with Gasteiger partial charge in [0.1, 0.15) is 11.4 Å². The van der Waals surface area contributed by atoms with Crippen molar-refractivity contribution < 1.29 is 22.4 Å². The summed E-state index contributed by atoms with van der Waals surface area (Å²) < 4.78 is 54.4. The lowest BCUT2D eigenvalue weighted by Gasteiger charge is -2.22. The zero-order valence-corrected chi connectivity index (χ0v) is 12.6. The highest BCUT2D eigenvalue weighted by atomic mass is 19.3. The normalized spacial score (nSPS) is 11.1. The summed E-state index contributed by atoms with van der Waals surface area (Å²) in [7, 11) is 1.25. The van der Waals surface area contributed by atoms with Crippen molar-refractivity contribution in [3.63, 3.8) is 0 Å². The number of hydrogen-bond donors (Lipinski definition) is 0. The van der Waals surface area contributed by atoms with E-state index in [0.29, 0.717) is 12.0 Å². The second-order valence-electron chi connectivity index (χ2n) is 4.95. The van der Waals surface area contributed by atoms with E-state index in [1.807, 2.05) is 0 Å². The number of aryl methyl sites for hydroxylation is 2. The van der Waals surface area contributed by atoms with Gasteiger partial charge in [-0.05, 0) is 29.7 Å². The third kappa shape index (κ3) is 3.52. The number of rotatable bonds is 5. The van der Waals surface area contributed by atoms with Gasteiger partial charge in [0.05, 0.1) is 12.7 Å². The van der Waals surface area contributed by atoms with E-state index in [9.17, 15) is 22.4 Å². The topological polar surface area (TPSA) is 38.1 Å². The van der Waals surface area contributed by atoms with Crippen molar-refractivity contribution in [2.45, 2.75) is 26.4 Å². The Hall–Kier alpha value is -2.38. The Bertz CT molecular complexity index is 715. The molecule has 0 saturated heterocycles. The number of nitrogens with zero attached hydrogens (tertiary/aromatic N) is 3. The molecule has 1 amide bonds. The van der Waals surface area contributed by atoms with Gasteiger partial charge in [-0.25, -0.2) is 9.07 Å². The first-order chi connectivity index (χ1) is 10.8. The molecule has 2 aromatic rings. The molecule has 0 aliphatic carbocycles. The summed E-state index contributed by atoms with van der Waals surface area (Å²) in [5, 5.41) is 3.52. The lowest BCUT2D eigenvalue weighted by molar-refractivity contribution is -0.0190. The summed E-state index contributed by atoms with van der Waals surface area (Å²) in [5.74, 6) is -2.79. The standard InChI is InChI=1S/C15H15F4N3O/c1-3-9-4-5-11(16)6-10(9)8-22(15(18)19)14(23)12-7-20-21(2)13(12)17/h4-7,15H,3,8H2,1-2H3. The Morgan fingerprint density at radius 2 is 2.00 bits per heavy atom. The van der Waals surface area contributed by atoms with Crippen LogP contribution in [-0.2, 0) is 20.0 Å². The van der Waals surface area contributed by atoms with Crippen LogP contribution in [0.2, 0.25) is 0 Å². The van der Waals surface area contributed by atoms with Crippen molar-refractivity contribution in [1.82, 2.24) is 14.7 Å². The monoisotopic (exact) mass is 329 g/mol. The number of alkyl halides is 2. The van der Waals surface area contributed by atoms with Crippen molar-refractivity contribution in [3.8, 4) is 0 Å². The molecular formula is C15H15F4N3O. The Labute approximate surface area is 130 Å². The van der Waals surface area contributed by atoms with Gasteiger partial charge in [0.15, 0.2) is 0 Å². The summed E-state index contributed by atoms with van der Waals surface area (Å²) in [4.78, 5) is 12.4. The van der Waals surface area contributed by atoms with E-state index in [0.717, 1.165) is 16.9 Å². The molecule has 1 heterocycles. The highest BCUT2D eigenvalue weighted by molar-refractivity contribution is 5.94. The summed E-state index contributed by atoms with van der Waals surface area (Å²) in [5.41, 5.74) is 0.337. The van der Waals surface area contributed by atoms with Crippen LogP contribution in [0.15, 0.2) is 24.4 Å². The Morgan fingerprint density at radius 1 is 1.30 bits per heavy atom. The molecule has 124 valence electrons. The maximum atomic E-state index is 13.7. The molecule has 0 unspecified atom stereocenters. The largest absolute Gasteiger partial charge is 0.318 e. The lowest BCUT2D eigenvalue weighted by atomic mass is 10.0. The predicted molar refractivity (Wildman–Crippen MR) is 74.8 cm³/mol. The van der Waals surface area contributed by atoms with Crippen molar-refractivity contribution in [3.05, 3.63) is 52.9 Å². The number of carbonyl (C=O) groups is 1. The van der Waals surface area contributed by atoms with E-state index in [2.05, 4.69) is 5.10 Å². The summed E-state index contributed by atoms with van der Waals surface area (Å²) in [6.45, 7) is -1.90. The molecule has 8 heteroatoms. The first-order valence-corrected chi connectivity index (χ1v) is 6.89. The molecule has 1 aromatic heterocycles. The van der Waals surface area contributed by atoms with Gasteiger partial charge in [-0.3, -0.25) is 9.69 Å². The molecule has 0 N–H and O–H groups in total. The number of aromatic nitrogens is 2. The first-order valence-electron chi connectivity index (χ1n) is 6.89. The fourth-order valence-corrected chi connectivity index (χ4v) is 2.22. The van der Waals surface area contributed by atoms with Gasteiger partial charge in [-0.2, -0.15) is 18.3 Å². The van der Waals surface area contributed by atoms with Gasteiger partial charge in [-0.1, -0.05) is 13.0 Å². The van der Waals surface area contributed by atoms with Crippen LogP contribution in [0.1, 0.15) is 28.4 Å². The Morgan fingerprint density at radius 3 is 2.52 bits per heavy atom. The van der Waals surface area contributed by atoms with Crippen LogP contribution in [0.3, 0.4) is 0 Å². The minimum Gasteiger partial charge on any atom is -0.277 e. The molecule has 4 nitrogen and oxygen atoms in total. The maximum Gasteiger partial charge on any atom is 0.318 e. The molecule has 23 heavy (non-hydrogen) atoms. The van der Waals surface area contributed by atoms with Crippen LogP contribution in [-0.4, -0.2) is 27.1 Å². The maximum absolute atomic E-state index is 13.7. The number of benzene rings is 1. The van der Waals surface area contributed by atoms with Gasteiger partial charge in [0, 0.05) is 7.05 Å². The first kappa shape index (κ1) is 17.0. The molecule has 2 rings (SSSR count). The van der Waals surface area contributed by atoms with Gasteiger partial charge >= 0.3 is 6.55 Å². The molecule has 1 aromatic carbocycles. The smallest absolute Gasteiger partial charge is 0.277 e. The van der Waals surface area contributed by atoms with E-state index in [4.69, 9.17) is 0 Å². The molecular weight excluding hydrogens is 314 g/mol. The van der Waals surface area contributed by atoms with Crippen LogP contribution in [0.5, 0.6) is 0 Å². The lowest BCUT2D eigenvalue weighted by Crippen LogP contribution is -2.35. The highest BCUT2D eigenvalue weighted by Gasteiger charge is 2.28. The SMILES string of the molecule is CCc1ccc(F)cc1CN(C(=O)c1cnn(C)c1F)C(F)F. The molecule has 0 aliphatic rings. The zero-order valence-electron chi connectivity index (χ0n) is 12.6. The van der Waals surface area contributed by atoms with Crippen molar-refractivity contribution in [2.75, 3.05) is 0 Å². The quantitative estimate of drug-likeness (QED) is 0.624. The molecule has 0 radical (unpaired) electrons. The van der Waals surface area contributed by atoms with E-state index in [1.54, 1.807) is 6.92 Å². The summed E-state index contributed by atoms with van der Waals surface area (Å²) >= 11 is 0. The average molecular weight is 329 g/mol. The number of carbonyl (C=O) groups excluding carboxylic acids is 1. The van der Waals surface area contributed by atoms with E-state index < -0.39 is 36.3 Å². The van der Waals surface area contributed by atoms with E-state index in [-0.39, 0.29) is 10.5 Å². The minimum atomic E-state index is -3.16. The van der Waals surface area contributed by atoms with Crippen LogP contribution in [0.4, 0.5) is 17.6 Å². The van der Waals surface area contributed by atoms with E-state index in [1.165, 1.54) is 19.2 Å². The van der Waals surface area contributed by atoms with Gasteiger partial charge in [0.25, 0.3) is 5.91 Å². The van der Waals surface area contributed by atoms with Crippen LogP contribution in [0.25, 0.3) is 0 Å². The van der Waals surface area contributed by atoms with Gasteiger partial charge < -0.3 is 0 Å². The Kier molecular flexibility index (Phi) is 5.02. The third-order valence-corrected chi connectivity index (χ3v) is 3.48. The van der Waals surface area contributed by atoms with E-state index >= 15 is 0 Å². The zero-order chi connectivity index (χ0) is 17.1.